The third kappa shape index (κ3) is 1.71. The number of carbonyl (C=O) groups excluding carboxylic acids is 1. The van der Waals surface area contributed by atoms with Crippen LogP contribution in [0.4, 0.5) is 0 Å². The van der Waals surface area contributed by atoms with Gasteiger partial charge in [0.2, 0.25) is 5.91 Å². The quantitative estimate of drug-likeness (QED) is 0.789. The van der Waals surface area contributed by atoms with Gasteiger partial charge in [-0.2, -0.15) is 5.10 Å². The summed E-state index contributed by atoms with van der Waals surface area (Å²) in [6.07, 6.45) is 3.06. The zero-order valence-electron chi connectivity index (χ0n) is 9.76. The van der Waals surface area contributed by atoms with Gasteiger partial charge in [-0.3, -0.25) is 9.48 Å². The van der Waals surface area contributed by atoms with Gasteiger partial charge in [-0.25, -0.2) is 0 Å². The van der Waals surface area contributed by atoms with Gasteiger partial charge in [-0.15, -0.1) is 0 Å². The fraction of sp³-hybridized carbons (Fsp3) is 0.636. The maximum absolute atomic E-state index is 11.8. The first kappa shape index (κ1) is 11.1. The predicted octanol–water partition coefficient (Wildman–Crippen LogP) is 0.431. The standard InChI is InChI=1S/C11H18N4O/c1-3-15-10(16)5-4-8(12)11(15)9-6-7-13-14(9)2/h6-8,11H,3-5,12H2,1-2H3. The Labute approximate surface area is 95.2 Å². The summed E-state index contributed by atoms with van der Waals surface area (Å²) in [6.45, 7) is 2.68. The summed E-state index contributed by atoms with van der Waals surface area (Å²) in [7, 11) is 1.88. The van der Waals surface area contributed by atoms with Crippen LogP contribution in [0.1, 0.15) is 31.5 Å². The van der Waals surface area contributed by atoms with Crippen LogP contribution in [0.3, 0.4) is 0 Å². The first-order valence-corrected chi connectivity index (χ1v) is 5.68. The molecule has 5 nitrogen and oxygen atoms in total. The molecule has 1 saturated heterocycles. The Kier molecular flexibility index (Phi) is 2.96. The molecule has 1 aliphatic rings. The Hall–Kier alpha value is -1.36. The van der Waals surface area contributed by atoms with Crippen molar-refractivity contribution in [1.29, 1.82) is 0 Å². The molecule has 1 fully saturated rings. The number of hydrogen-bond acceptors (Lipinski definition) is 3. The maximum atomic E-state index is 11.8. The van der Waals surface area contributed by atoms with Gasteiger partial charge in [0, 0.05) is 32.3 Å². The fourth-order valence-corrected chi connectivity index (χ4v) is 2.40. The number of likely N-dealkylation sites (N-methyl/N-ethyl adjacent to an activating group) is 1. The first-order valence-electron chi connectivity index (χ1n) is 5.68. The molecule has 5 heteroatoms. The van der Waals surface area contributed by atoms with E-state index < -0.39 is 0 Å². The second-order valence-electron chi connectivity index (χ2n) is 4.21. The molecule has 0 bridgehead atoms. The number of nitrogens with zero attached hydrogens (tertiary/aromatic N) is 3. The van der Waals surface area contributed by atoms with E-state index in [1.54, 1.807) is 10.9 Å². The lowest BCUT2D eigenvalue weighted by atomic mass is 9.94. The van der Waals surface area contributed by atoms with Gasteiger partial charge < -0.3 is 10.6 Å². The molecule has 1 aliphatic heterocycles. The van der Waals surface area contributed by atoms with E-state index in [1.807, 2.05) is 24.9 Å². The summed E-state index contributed by atoms with van der Waals surface area (Å²) in [5.41, 5.74) is 7.15. The van der Waals surface area contributed by atoms with Crippen LogP contribution in [0.5, 0.6) is 0 Å². The van der Waals surface area contributed by atoms with E-state index in [4.69, 9.17) is 5.73 Å². The molecule has 0 aromatic carbocycles. The lowest BCUT2D eigenvalue weighted by Crippen LogP contribution is -2.49. The number of aromatic nitrogens is 2. The Bertz CT molecular complexity index is 387. The Morgan fingerprint density at radius 3 is 2.94 bits per heavy atom. The van der Waals surface area contributed by atoms with Crippen molar-refractivity contribution in [3.63, 3.8) is 0 Å². The number of hydrogen-bond donors (Lipinski definition) is 1. The van der Waals surface area contributed by atoms with Crippen molar-refractivity contribution >= 4 is 5.91 Å². The molecule has 1 amide bonds. The second-order valence-corrected chi connectivity index (χ2v) is 4.21. The second kappa shape index (κ2) is 4.25. The summed E-state index contributed by atoms with van der Waals surface area (Å²) in [6, 6.07) is 1.91. The normalized spacial score (nSPS) is 26.2. The van der Waals surface area contributed by atoms with Crippen LogP contribution in [0.15, 0.2) is 12.3 Å². The van der Waals surface area contributed by atoms with Crippen molar-refractivity contribution in [1.82, 2.24) is 14.7 Å². The lowest BCUT2D eigenvalue weighted by molar-refractivity contribution is -0.137. The molecule has 0 radical (unpaired) electrons. The highest BCUT2D eigenvalue weighted by Gasteiger charge is 2.35. The molecule has 2 unspecified atom stereocenters. The molecule has 0 saturated carbocycles. The molecule has 0 aliphatic carbocycles. The number of carbonyl (C=O) groups is 1. The van der Waals surface area contributed by atoms with Crippen LogP contribution < -0.4 is 5.73 Å². The van der Waals surface area contributed by atoms with E-state index in [0.717, 1.165) is 12.1 Å². The Morgan fingerprint density at radius 2 is 2.38 bits per heavy atom. The van der Waals surface area contributed by atoms with E-state index in [2.05, 4.69) is 5.10 Å². The third-order valence-corrected chi connectivity index (χ3v) is 3.26. The van der Waals surface area contributed by atoms with Crippen molar-refractivity contribution < 1.29 is 4.79 Å². The number of piperidine rings is 1. The van der Waals surface area contributed by atoms with Crippen LogP contribution in [-0.2, 0) is 11.8 Å². The fourth-order valence-electron chi connectivity index (χ4n) is 2.40. The van der Waals surface area contributed by atoms with Gasteiger partial charge in [-0.05, 0) is 19.4 Å². The largest absolute Gasteiger partial charge is 0.333 e. The zero-order chi connectivity index (χ0) is 11.7. The van der Waals surface area contributed by atoms with Gasteiger partial charge in [0.15, 0.2) is 0 Å². The summed E-state index contributed by atoms with van der Waals surface area (Å²) < 4.78 is 1.80. The van der Waals surface area contributed by atoms with E-state index in [1.165, 1.54) is 0 Å². The Morgan fingerprint density at radius 1 is 1.62 bits per heavy atom. The summed E-state index contributed by atoms with van der Waals surface area (Å²) >= 11 is 0. The van der Waals surface area contributed by atoms with Gasteiger partial charge in [0.25, 0.3) is 0 Å². The summed E-state index contributed by atoms with van der Waals surface area (Å²) in [4.78, 5) is 13.7. The molecule has 2 N–H and O–H groups in total. The van der Waals surface area contributed by atoms with Gasteiger partial charge >= 0.3 is 0 Å². The average molecular weight is 222 g/mol. The molecule has 1 aromatic heterocycles. The molecule has 1 aromatic rings. The van der Waals surface area contributed by atoms with Crippen LogP contribution in [0, 0.1) is 0 Å². The number of rotatable bonds is 2. The average Bonchev–Trinajstić information content (AvgIpc) is 2.67. The number of aryl methyl sites for hydroxylation is 1. The van der Waals surface area contributed by atoms with E-state index in [-0.39, 0.29) is 18.0 Å². The van der Waals surface area contributed by atoms with Crippen molar-refractivity contribution in [3.05, 3.63) is 18.0 Å². The number of likely N-dealkylation sites (tertiary alicyclic amines) is 1. The molecule has 16 heavy (non-hydrogen) atoms. The van der Waals surface area contributed by atoms with Crippen molar-refractivity contribution in [3.8, 4) is 0 Å². The van der Waals surface area contributed by atoms with Crippen LogP contribution in [0.2, 0.25) is 0 Å². The minimum Gasteiger partial charge on any atom is -0.333 e. The van der Waals surface area contributed by atoms with Gasteiger partial charge in [-0.1, -0.05) is 0 Å². The highest BCUT2D eigenvalue weighted by atomic mass is 16.2. The Balaban J connectivity index is 2.35. The predicted molar refractivity (Wildman–Crippen MR) is 60.5 cm³/mol. The molecule has 2 heterocycles. The topological polar surface area (TPSA) is 64.2 Å². The zero-order valence-corrected chi connectivity index (χ0v) is 9.76. The van der Waals surface area contributed by atoms with Crippen LogP contribution in [0.25, 0.3) is 0 Å². The maximum Gasteiger partial charge on any atom is 0.223 e. The SMILES string of the molecule is CCN1C(=O)CCC(N)C1c1ccnn1C. The number of amides is 1. The monoisotopic (exact) mass is 222 g/mol. The number of nitrogens with two attached hydrogens (primary N) is 1. The highest BCUT2D eigenvalue weighted by Crippen LogP contribution is 2.29. The molecule has 0 spiro atoms. The van der Waals surface area contributed by atoms with Crippen molar-refractivity contribution in [2.45, 2.75) is 31.8 Å². The van der Waals surface area contributed by atoms with Crippen molar-refractivity contribution in [2.24, 2.45) is 12.8 Å². The third-order valence-electron chi connectivity index (χ3n) is 3.26. The summed E-state index contributed by atoms with van der Waals surface area (Å²) in [5, 5.41) is 4.14. The van der Waals surface area contributed by atoms with E-state index in [0.29, 0.717) is 13.0 Å². The highest BCUT2D eigenvalue weighted by molar-refractivity contribution is 5.77. The van der Waals surface area contributed by atoms with E-state index in [9.17, 15) is 4.79 Å². The molecule has 2 rings (SSSR count). The molecule has 2 atom stereocenters. The minimum absolute atomic E-state index is 0.00745. The van der Waals surface area contributed by atoms with Crippen LogP contribution >= 0.6 is 0 Å². The molecular weight excluding hydrogens is 204 g/mol. The lowest BCUT2D eigenvalue weighted by Gasteiger charge is -2.39. The van der Waals surface area contributed by atoms with Gasteiger partial charge in [0.1, 0.15) is 0 Å². The summed E-state index contributed by atoms with van der Waals surface area (Å²) in [5.74, 6) is 0.190. The van der Waals surface area contributed by atoms with Crippen LogP contribution in [-0.4, -0.2) is 33.2 Å². The first-order chi connectivity index (χ1) is 7.65. The van der Waals surface area contributed by atoms with Crippen molar-refractivity contribution in [2.75, 3.05) is 6.54 Å². The van der Waals surface area contributed by atoms with Gasteiger partial charge in [0.05, 0.1) is 11.7 Å². The smallest absolute Gasteiger partial charge is 0.223 e. The van der Waals surface area contributed by atoms with E-state index >= 15 is 0 Å². The molecular formula is C11H18N4O. The molecule has 88 valence electrons. The minimum atomic E-state index is -0.0289.